The second-order valence-corrected chi connectivity index (χ2v) is 9.76. The maximum atomic E-state index is 12.5. The largest absolute Gasteiger partial charge is 0.399 e. The predicted octanol–water partition coefficient (Wildman–Crippen LogP) is 6.22. The third-order valence-corrected chi connectivity index (χ3v) is 7.24. The van der Waals surface area contributed by atoms with Crippen molar-refractivity contribution < 1.29 is 4.79 Å². The number of nitrogens with zero attached hydrogens (tertiary/aromatic N) is 1. The molecule has 2 aromatic rings. The third kappa shape index (κ3) is 4.64. The molecule has 0 spiro atoms. The molecule has 0 radical (unpaired) electrons. The number of carbonyl (C=O) groups excluding carboxylic acids is 1. The molecule has 1 amide bonds. The fraction of sp³-hybridized carbons (Fsp3) is 0.222. The van der Waals surface area contributed by atoms with E-state index >= 15 is 0 Å². The molecule has 5 nitrogen and oxygen atoms in total. The van der Waals surface area contributed by atoms with Crippen LogP contribution in [0, 0.1) is 0 Å². The fourth-order valence-corrected chi connectivity index (χ4v) is 5.06. The lowest BCUT2D eigenvalue weighted by Crippen LogP contribution is -2.23. The summed E-state index contributed by atoms with van der Waals surface area (Å²) < 4.78 is 0. The van der Waals surface area contributed by atoms with Gasteiger partial charge in [0.15, 0.2) is 0 Å². The summed E-state index contributed by atoms with van der Waals surface area (Å²) in [6.07, 6.45) is 5.97. The topological polar surface area (TPSA) is 70.4 Å². The first-order chi connectivity index (χ1) is 16.4. The predicted molar refractivity (Wildman–Crippen MR) is 142 cm³/mol. The summed E-state index contributed by atoms with van der Waals surface area (Å²) in [6.45, 7) is 4.63. The van der Waals surface area contributed by atoms with Crippen LogP contribution < -0.4 is 16.4 Å². The Morgan fingerprint density at radius 1 is 1.15 bits per heavy atom. The van der Waals surface area contributed by atoms with E-state index in [2.05, 4.69) is 45.9 Å². The number of hydrogen-bond donors (Lipinski definition) is 3. The van der Waals surface area contributed by atoms with Crippen molar-refractivity contribution in [2.24, 2.45) is 0 Å². The van der Waals surface area contributed by atoms with Crippen LogP contribution in [0.4, 0.5) is 17.1 Å². The minimum Gasteiger partial charge on any atom is -0.399 e. The maximum Gasteiger partial charge on any atom is 0.258 e. The highest BCUT2D eigenvalue weighted by atomic mass is 35.5. The van der Waals surface area contributed by atoms with Crippen molar-refractivity contribution in [1.82, 2.24) is 4.90 Å². The van der Waals surface area contributed by atoms with E-state index in [0.29, 0.717) is 16.3 Å². The maximum absolute atomic E-state index is 12.5. The average Bonchev–Trinajstić information content (AvgIpc) is 3.01. The number of nitrogens with two attached hydrogens (primary N) is 1. The molecule has 0 fully saturated rings. The van der Waals surface area contributed by atoms with Gasteiger partial charge in [-0.25, -0.2) is 0 Å². The first-order valence-corrected chi connectivity index (χ1v) is 12.1. The molecule has 1 aliphatic carbocycles. The number of benzene rings is 2. The third-order valence-electron chi connectivity index (χ3n) is 6.47. The number of nitrogens with one attached hydrogen (secondary N) is 2. The van der Waals surface area contributed by atoms with E-state index in [0.717, 1.165) is 60.1 Å². The number of carbonyl (C=O) groups is 1. The summed E-state index contributed by atoms with van der Waals surface area (Å²) in [7, 11) is 0. The average molecular weight is 493 g/mol. The number of hydrogen-bond acceptors (Lipinski definition) is 4. The number of amides is 1. The van der Waals surface area contributed by atoms with Crippen LogP contribution in [-0.4, -0.2) is 23.9 Å². The first kappa shape index (κ1) is 22.8. The standard InChI is InChI=1S/C27H26Cl2N4O/c1-16(26-22-14-20(30)4-7-25(22)32-27(26)34)31-21-5-2-17(3-6-21)15-33-10-8-18-12-23(28)24(29)13-19(18)9-11-33/h2-8,13-14,31H,9-12,15,30H2,1H3,(H,32,34)/b26-16-. The van der Waals surface area contributed by atoms with Crippen molar-refractivity contribution in [3.8, 4) is 0 Å². The van der Waals surface area contributed by atoms with Gasteiger partial charge in [-0.05, 0) is 66.5 Å². The molecular weight excluding hydrogens is 467 g/mol. The van der Waals surface area contributed by atoms with Gasteiger partial charge in [0.2, 0.25) is 0 Å². The monoisotopic (exact) mass is 492 g/mol. The van der Waals surface area contributed by atoms with Gasteiger partial charge in [-0.1, -0.05) is 41.4 Å². The SMILES string of the molecule is C/C(Nc1ccc(CN2CC=C3CC(Cl)=C(Cl)C=C3CC2)cc1)=C1/C(=O)Nc2ccc(N)cc21. The van der Waals surface area contributed by atoms with Gasteiger partial charge in [0, 0.05) is 59.4 Å². The van der Waals surface area contributed by atoms with Crippen LogP contribution in [0.3, 0.4) is 0 Å². The van der Waals surface area contributed by atoms with Gasteiger partial charge in [0.05, 0.1) is 10.6 Å². The van der Waals surface area contributed by atoms with Gasteiger partial charge >= 0.3 is 0 Å². The molecule has 0 saturated carbocycles. The molecule has 0 saturated heterocycles. The van der Waals surface area contributed by atoms with E-state index in [9.17, 15) is 4.79 Å². The van der Waals surface area contributed by atoms with Crippen LogP contribution in [0.1, 0.15) is 30.9 Å². The van der Waals surface area contributed by atoms with Crippen LogP contribution in [0.5, 0.6) is 0 Å². The summed E-state index contributed by atoms with van der Waals surface area (Å²) >= 11 is 12.5. The van der Waals surface area contributed by atoms with Crippen molar-refractivity contribution in [1.29, 1.82) is 0 Å². The Balaban J connectivity index is 1.26. The Morgan fingerprint density at radius 3 is 2.74 bits per heavy atom. The number of allylic oxidation sites excluding steroid dienone is 5. The summed E-state index contributed by atoms with van der Waals surface area (Å²) in [4.78, 5) is 15.0. The molecule has 34 heavy (non-hydrogen) atoms. The Labute approximate surface area is 209 Å². The van der Waals surface area contributed by atoms with Gasteiger partial charge in [-0.3, -0.25) is 9.69 Å². The summed E-state index contributed by atoms with van der Waals surface area (Å²) in [5.41, 5.74) is 14.3. The van der Waals surface area contributed by atoms with Gasteiger partial charge < -0.3 is 16.4 Å². The number of halogens is 2. The smallest absolute Gasteiger partial charge is 0.258 e. The van der Waals surface area contributed by atoms with E-state index in [4.69, 9.17) is 28.9 Å². The van der Waals surface area contributed by atoms with E-state index < -0.39 is 0 Å². The van der Waals surface area contributed by atoms with Crippen molar-refractivity contribution in [3.05, 3.63) is 92.7 Å². The molecular formula is C27H26Cl2N4O. The number of anilines is 3. The minimum absolute atomic E-state index is 0.119. The van der Waals surface area contributed by atoms with Crippen LogP contribution in [0.15, 0.2) is 81.5 Å². The second-order valence-electron chi connectivity index (χ2n) is 8.89. The van der Waals surface area contributed by atoms with E-state index in [-0.39, 0.29) is 5.91 Å². The lowest BCUT2D eigenvalue weighted by atomic mass is 9.96. The van der Waals surface area contributed by atoms with Crippen molar-refractivity contribution >= 4 is 51.7 Å². The summed E-state index contributed by atoms with van der Waals surface area (Å²) in [6, 6.07) is 13.8. The molecule has 5 rings (SSSR count). The van der Waals surface area contributed by atoms with Gasteiger partial charge in [0.25, 0.3) is 5.91 Å². The van der Waals surface area contributed by atoms with Crippen molar-refractivity contribution in [2.45, 2.75) is 26.3 Å². The Kier molecular flexibility index (Phi) is 6.26. The fourth-order valence-electron chi connectivity index (χ4n) is 4.67. The zero-order valence-corrected chi connectivity index (χ0v) is 20.4. The molecule has 0 aromatic heterocycles. The zero-order chi connectivity index (χ0) is 23.8. The summed E-state index contributed by atoms with van der Waals surface area (Å²) in [5, 5.41) is 7.66. The molecule has 2 aliphatic heterocycles. The molecule has 2 heterocycles. The van der Waals surface area contributed by atoms with E-state index in [1.165, 1.54) is 16.7 Å². The molecule has 4 N–H and O–H groups in total. The second kappa shape index (κ2) is 9.34. The highest BCUT2D eigenvalue weighted by molar-refractivity contribution is 6.40. The number of nitrogen functional groups attached to an aromatic ring is 1. The van der Waals surface area contributed by atoms with Gasteiger partial charge in [-0.2, -0.15) is 0 Å². The van der Waals surface area contributed by atoms with Gasteiger partial charge in [0.1, 0.15) is 0 Å². The van der Waals surface area contributed by atoms with Crippen LogP contribution in [0.25, 0.3) is 5.57 Å². The molecule has 2 aromatic carbocycles. The Bertz CT molecular complexity index is 1290. The van der Waals surface area contributed by atoms with Gasteiger partial charge in [-0.15, -0.1) is 0 Å². The van der Waals surface area contributed by atoms with E-state index in [1.54, 1.807) is 6.07 Å². The minimum atomic E-state index is -0.119. The van der Waals surface area contributed by atoms with E-state index in [1.807, 2.05) is 25.1 Å². The molecule has 174 valence electrons. The highest BCUT2D eigenvalue weighted by Crippen LogP contribution is 2.36. The molecule has 0 bridgehead atoms. The lowest BCUT2D eigenvalue weighted by Gasteiger charge is -2.20. The normalized spacial score (nSPS) is 19.6. The molecule has 0 atom stereocenters. The number of fused-ring (bicyclic) bond motifs is 2. The number of rotatable bonds is 4. The Hall–Kier alpha value is -2.99. The molecule has 3 aliphatic rings. The first-order valence-electron chi connectivity index (χ1n) is 11.3. The van der Waals surface area contributed by atoms with Crippen molar-refractivity contribution in [2.75, 3.05) is 29.5 Å². The highest BCUT2D eigenvalue weighted by Gasteiger charge is 2.26. The van der Waals surface area contributed by atoms with Crippen LogP contribution in [0.2, 0.25) is 0 Å². The van der Waals surface area contributed by atoms with Crippen molar-refractivity contribution in [3.63, 3.8) is 0 Å². The lowest BCUT2D eigenvalue weighted by molar-refractivity contribution is -0.110. The molecule has 0 unspecified atom stereocenters. The van der Waals surface area contributed by atoms with Crippen LogP contribution >= 0.6 is 23.2 Å². The molecule has 7 heteroatoms. The zero-order valence-electron chi connectivity index (χ0n) is 18.9. The Morgan fingerprint density at radius 2 is 1.94 bits per heavy atom. The quantitative estimate of drug-likeness (QED) is 0.350. The van der Waals surface area contributed by atoms with Crippen LogP contribution in [-0.2, 0) is 11.3 Å². The summed E-state index contributed by atoms with van der Waals surface area (Å²) in [5.74, 6) is -0.119.